The predicted octanol–water partition coefficient (Wildman–Crippen LogP) is 4.29. The van der Waals surface area contributed by atoms with Crippen LogP contribution < -0.4 is 15.1 Å². The average Bonchev–Trinajstić information content (AvgIpc) is 3.44. The highest BCUT2D eigenvalue weighted by molar-refractivity contribution is 9.10. The number of furan rings is 1. The van der Waals surface area contributed by atoms with Crippen LogP contribution >= 0.6 is 28.1 Å². The van der Waals surface area contributed by atoms with Crippen LogP contribution in [0.25, 0.3) is 11.3 Å². The molecular formula is C26H26BrN5O5S. The van der Waals surface area contributed by atoms with Crippen LogP contribution in [0.15, 0.2) is 63.5 Å². The number of carbonyl (C=O) groups is 1. The number of ether oxygens (including phenoxy) is 1. The van der Waals surface area contributed by atoms with Crippen molar-refractivity contribution in [2.45, 2.75) is 0 Å². The van der Waals surface area contributed by atoms with Crippen LogP contribution in [0.2, 0.25) is 0 Å². The summed E-state index contributed by atoms with van der Waals surface area (Å²) in [6, 6.07) is 16.3. The van der Waals surface area contributed by atoms with Crippen LogP contribution in [0, 0.1) is 10.1 Å². The summed E-state index contributed by atoms with van der Waals surface area (Å²) in [5.41, 5.74) is 2.50. The Morgan fingerprint density at radius 1 is 0.947 bits per heavy atom. The lowest BCUT2D eigenvalue weighted by Gasteiger charge is -2.37. The van der Waals surface area contributed by atoms with Crippen LogP contribution in [0.4, 0.5) is 17.1 Å². The van der Waals surface area contributed by atoms with Crippen molar-refractivity contribution in [3.05, 3.63) is 74.9 Å². The molecule has 0 saturated carbocycles. The summed E-state index contributed by atoms with van der Waals surface area (Å²) in [5.74, 6) is 0.387. The van der Waals surface area contributed by atoms with E-state index in [1.165, 1.54) is 0 Å². The molecule has 2 aliphatic heterocycles. The lowest BCUT2D eigenvalue weighted by Crippen LogP contribution is -2.52. The van der Waals surface area contributed by atoms with Crippen molar-refractivity contribution in [1.29, 1.82) is 0 Å². The normalized spacial score (nSPS) is 15.9. The highest BCUT2D eigenvalue weighted by Gasteiger charge is 2.26. The van der Waals surface area contributed by atoms with Gasteiger partial charge in [-0.1, -0.05) is 28.1 Å². The summed E-state index contributed by atoms with van der Waals surface area (Å²) in [5, 5.41) is 14.7. The van der Waals surface area contributed by atoms with Crippen LogP contribution in [0.5, 0.6) is 0 Å². The molecule has 5 rings (SSSR count). The minimum atomic E-state index is -0.397. The van der Waals surface area contributed by atoms with Gasteiger partial charge in [0.2, 0.25) is 0 Å². The van der Waals surface area contributed by atoms with Gasteiger partial charge in [0.1, 0.15) is 11.4 Å². The molecule has 1 amide bonds. The molecule has 0 radical (unpaired) electrons. The summed E-state index contributed by atoms with van der Waals surface area (Å²) in [6.07, 6.45) is 0. The molecule has 0 unspecified atom stereocenters. The number of halogens is 1. The van der Waals surface area contributed by atoms with E-state index in [1.807, 2.05) is 40.1 Å². The van der Waals surface area contributed by atoms with Gasteiger partial charge in [0.15, 0.2) is 10.9 Å². The van der Waals surface area contributed by atoms with E-state index < -0.39 is 5.91 Å². The number of amides is 1. The molecule has 12 heteroatoms. The number of morpholine rings is 1. The Morgan fingerprint density at radius 2 is 1.66 bits per heavy atom. The Bertz CT molecular complexity index is 1330. The second-order valence-corrected chi connectivity index (χ2v) is 10.2. The number of nitro benzene ring substituents is 1. The Kier molecular flexibility index (Phi) is 7.91. The number of nitrogens with zero attached hydrogens (tertiary/aromatic N) is 4. The van der Waals surface area contributed by atoms with Crippen LogP contribution in [0.1, 0.15) is 10.6 Å². The van der Waals surface area contributed by atoms with E-state index in [9.17, 15) is 14.9 Å². The standard InChI is InChI=1S/C26H26BrN5O5S/c27-19-3-1-18(2-4-19)23-7-8-24(37-23)25(33)28-26(38)31-11-9-29(10-12-31)20-5-6-21(32(34)35)22(17-20)30-13-15-36-16-14-30/h1-8,17H,9-16H2,(H,28,33,38). The molecule has 0 bridgehead atoms. The fourth-order valence-corrected chi connectivity index (χ4v) is 5.09. The highest BCUT2D eigenvalue weighted by Crippen LogP contribution is 2.33. The van der Waals surface area contributed by atoms with E-state index >= 15 is 0 Å². The maximum absolute atomic E-state index is 12.8. The predicted molar refractivity (Wildman–Crippen MR) is 152 cm³/mol. The Hall–Kier alpha value is -3.48. The van der Waals surface area contributed by atoms with Gasteiger partial charge in [-0.05, 0) is 48.6 Å². The van der Waals surface area contributed by atoms with Gasteiger partial charge in [-0.25, -0.2) is 0 Å². The third kappa shape index (κ3) is 5.82. The molecule has 3 heterocycles. The first-order valence-electron chi connectivity index (χ1n) is 12.2. The topological polar surface area (TPSA) is 104 Å². The molecule has 38 heavy (non-hydrogen) atoms. The summed E-state index contributed by atoms with van der Waals surface area (Å²) in [4.78, 5) is 30.1. The maximum Gasteiger partial charge on any atom is 0.293 e. The zero-order valence-corrected chi connectivity index (χ0v) is 22.9. The summed E-state index contributed by atoms with van der Waals surface area (Å²) >= 11 is 8.92. The third-order valence-electron chi connectivity index (χ3n) is 6.62. The number of hydrogen-bond acceptors (Lipinski definition) is 8. The zero-order valence-electron chi connectivity index (χ0n) is 20.5. The minimum Gasteiger partial charge on any atom is -0.451 e. The Labute approximate surface area is 233 Å². The van der Waals surface area contributed by atoms with E-state index in [1.54, 1.807) is 24.3 Å². The van der Waals surface area contributed by atoms with E-state index in [4.69, 9.17) is 21.4 Å². The quantitative estimate of drug-likeness (QED) is 0.261. The fraction of sp³-hybridized carbons (Fsp3) is 0.308. The van der Waals surface area contributed by atoms with Gasteiger partial charge in [0.05, 0.1) is 18.1 Å². The number of nitrogens with one attached hydrogen (secondary N) is 1. The molecule has 1 aromatic heterocycles. The van der Waals surface area contributed by atoms with E-state index in [2.05, 4.69) is 26.1 Å². The molecular weight excluding hydrogens is 574 g/mol. The van der Waals surface area contributed by atoms with Crippen molar-refractivity contribution in [2.24, 2.45) is 0 Å². The smallest absolute Gasteiger partial charge is 0.293 e. The van der Waals surface area contributed by atoms with Crippen molar-refractivity contribution in [2.75, 3.05) is 62.3 Å². The van der Waals surface area contributed by atoms with Gasteiger partial charge < -0.3 is 23.9 Å². The molecule has 10 nitrogen and oxygen atoms in total. The largest absolute Gasteiger partial charge is 0.451 e. The second-order valence-electron chi connectivity index (χ2n) is 8.93. The van der Waals surface area contributed by atoms with Crippen molar-refractivity contribution in [3.63, 3.8) is 0 Å². The number of anilines is 2. The summed E-state index contributed by atoms with van der Waals surface area (Å²) < 4.78 is 12.1. The Balaban J connectivity index is 1.19. The molecule has 1 N–H and O–H groups in total. The third-order valence-corrected chi connectivity index (χ3v) is 7.51. The minimum absolute atomic E-state index is 0.0967. The van der Waals surface area contributed by atoms with Crippen LogP contribution in [-0.2, 0) is 4.74 Å². The first-order valence-corrected chi connectivity index (χ1v) is 13.4. The fourth-order valence-electron chi connectivity index (χ4n) is 4.56. The maximum atomic E-state index is 12.8. The van der Waals surface area contributed by atoms with Gasteiger partial charge in [-0.3, -0.25) is 20.2 Å². The SMILES string of the molecule is O=C(NC(=S)N1CCN(c2ccc([N+](=O)[O-])c(N3CCOCC3)c2)CC1)c1ccc(-c2ccc(Br)cc2)o1. The molecule has 2 fully saturated rings. The highest BCUT2D eigenvalue weighted by atomic mass is 79.9. The van der Waals surface area contributed by atoms with Crippen molar-refractivity contribution in [3.8, 4) is 11.3 Å². The molecule has 0 atom stereocenters. The number of carbonyl (C=O) groups excluding carboxylic acids is 1. The van der Waals surface area contributed by atoms with E-state index in [0.717, 1.165) is 15.7 Å². The van der Waals surface area contributed by atoms with E-state index in [0.29, 0.717) is 69.0 Å². The number of hydrogen-bond donors (Lipinski definition) is 1. The first-order chi connectivity index (χ1) is 18.4. The monoisotopic (exact) mass is 599 g/mol. The second kappa shape index (κ2) is 11.5. The molecule has 198 valence electrons. The van der Waals surface area contributed by atoms with Gasteiger partial charge in [0.25, 0.3) is 11.6 Å². The molecule has 0 aliphatic carbocycles. The molecule has 0 spiro atoms. The number of piperazine rings is 1. The number of rotatable bonds is 5. The van der Waals surface area contributed by atoms with Gasteiger partial charge in [-0.15, -0.1) is 0 Å². The molecule has 2 aliphatic rings. The van der Waals surface area contributed by atoms with Crippen LogP contribution in [0.3, 0.4) is 0 Å². The van der Waals surface area contributed by atoms with E-state index in [-0.39, 0.29) is 16.4 Å². The number of thiocarbonyl (C=S) groups is 1. The van der Waals surface area contributed by atoms with Gasteiger partial charge in [0, 0.05) is 61.1 Å². The van der Waals surface area contributed by atoms with Gasteiger partial charge in [-0.2, -0.15) is 0 Å². The van der Waals surface area contributed by atoms with Crippen molar-refractivity contribution < 1.29 is 18.9 Å². The Morgan fingerprint density at radius 3 is 2.34 bits per heavy atom. The average molecular weight is 600 g/mol. The first kappa shape index (κ1) is 26.1. The lowest BCUT2D eigenvalue weighted by molar-refractivity contribution is -0.384. The molecule has 2 saturated heterocycles. The summed E-state index contributed by atoms with van der Waals surface area (Å²) in [7, 11) is 0. The zero-order chi connectivity index (χ0) is 26.6. The van der Waals surface area contributed by atoms with Crippen LogP contribution in [-0.4, -0.2) is 73.3 Å². The van der Waals surface area contributed by atoms with Crippen molar-refractivity contribution >= 4 is 56.2 Å². The number of benzene rings is 2. The van der Waals surface area contributed by atoms with Crippen molar-refractivity contribution in [1.82, 2.24) is 10.2 Å². The lowest BCUT2D eigenvalue weighted by atomic mass is 10.1. The number of nitro groups is 1. The molecule has 2 aromatic carbocycles. The van der Waals surface area contributed by atoms with Gasteiger partial charge >= 0.3 is 0 Å². The molecule has 3 aromatic rings. The summed E-state index contributed by atoms with van der Waals surface area (Å²) in [6.45, 7) is 4.85.